The molecule has 0 saturated heterocycles. The van der Waals surface area contributed by atoms with Gasteiger partial charge in [-0.15, -0.1) is 0 Å². The number of imidazole rings is 1. The summed E-state index contributed by atoms with van der Waals surface area (Å²) in [7, 11) is 0. The first kappa shape index (κ1) is 12.4. The molecule has 0 fully saturated rings. The lowest BCUT2D eigenvalue weighted by atomic mass is 10.1. The molecule has 1 N–H and O–H groups in total. The van der Waals surface area contributed by atoms with Gasteiger partial charge < -0.3 is 9.88 Å². The summed E-state index contributed by atoms with van der Waals surface area (Å²) in [6.45, 7) is 3.49. The second kappa shape index (κ2) is 4.58. The highest BCUT2D eigenvalue weighted by Gasteiger charge is 2.42. The summed E-state index contributed by atoms with van der Waals surface area (Å²) >= 11 is 0. The molecule has 4 rings (SSSR count). The molecule has 106 valence electrons. The van der Waals surface area contributed by atoms with Crippen LogP contribution in [0.3, 0.4) is 0 Å². The van der Waals surface area contributed by atoms with Gasteiger partial charge in [0.15, 0.2) is 0 Å². The summed E-state index contributed by atoms with van der Waals surface area (Å²) in [4.78, 5) is 22.1. The Balaban J connectivity index is 1.51. The highest BCUT2D eigenvalue weighted by atomic mass is 16.2. The molecule has 2 aromatic rings. The molecule has 0 bridgehead atoms. The molecule has 0 saturated carbocycles. The Morgan fingerprint density at radius 2 is 2.14 bits per heavy atom. The van der Waals surface area contributed by atoms with E-state index < -0.39 is 0 Å². The van der Waals surface area contributed by atoms with E-state index in [2.05, 4.69) is 29.0 Å². The van der Waals surface area contributed by atoms with E-state index in [9.17, 15) is 4.79 Å². The molecule has 1 amide bonds. The van der Waals surface area contributed by atoms with Gasteiger partial charge in [0.25, 0.3) is 0 Å². The average Bonchev–Trinajstić information content (AvgIpc) is 2.97. The third-order valence-electron chi connectivity index (χ3n) is 4.48. The van der Waals surface area contributed by atoms with Gasteiger partial charge in [-0.05, 0) is 18.1 Å². The van der Waals surface area contributed by atoms with E-state index in [0.29, 0.717) is 6.54 Å². The normalized spacial score (nSPS) is 20.4. The number of rotatable bonds is 2. The smallest absolute Gasteiger partial charge is 0.234 e. The van der Waals surface area contributed by atoms with E-state index in [1.54, 1.807) is 6.33 Å². The molecule has 4 nitrogen and oxygen atoms in total. The van der Waals surface area contributed by atoms with Crippen LogP contribution in [0.4, 0.5) is 0 Å². The highest BCUT2D eigenvalue weighted by Crippen LogP contribution is 2.47. The van der Waals surface area contributed by atoms with Gasteiger partial charge in [-0.25, -0.2) is 4.98 Å². The summed E-state index contributed by atoms with van der Waals surface area (Å²) in [5.74, 6) is 0.212. The zero-order valence-electron chi connectivity index (χ0n) is 12.0. The van der Waals surface area contributed by atoms with Crippen LogP contribution in [-0.4, -0.2) is 27.3 Å². The van der Waals surface area contributed by atoms with Crippen molar-refractivity contribution in [1.82, 2.24) is 14.9 Å². The SMILES string of the molecule is CC1=C(c2ccccc2)[C@H]1C(=O)N1CCc2nc[nH]c2C1. The number of aromatic amines is 1. The summed E-state index contributed by atoms with van der Waals surface area (Å²) < 4.78 is 0. The maximum atomic E-state index is 12.7. The van der Waals surface area contributed by atoms with Gasteiger partial charge in [-0.3, -0.25) is 4.79 Å². The third kappa shape index (κ3) is 1.98. The van der Waals surface area contributed by atoms with Crippen LogP contribution in [0.5, 0.6) is 0 Å². The lowest BCUT2D eigenvalue weighted by Gasteiger charge is -2.26. The van der Waals surface area contributed by atoms with Crippen LogP contribution in [0, 0.1) is 5.92 Å². The van der Waals surface area contributed by atoms with Gasteiger partial charge in [-0.2, -0.15) is 0 Å². The summed E-state index contributed by atoms with van der Waals surface area (Å²) in [6, 6.07) is 10.2. The molecule has 1 aliphatic heterocycles. The van der Waals surface area contributed by atoms with Crippen molar-refractivity contribution in [3.05, 3.63) is 59.2 Å². The van der Waals surface area contributed by atoms with Gasteiger partial charge in [0.05, 0.1) is 30.2 Å². The van der Waals surface area contributed by atoms with Crippen molar-refractivity contribution >= 4 is 11.5 Å². The molecule has 0 spiro atoms. The van der Waals surface area contributed by atoms with Gasteiger partial charge >= 0.3 is 0 Å². The molecule has 21 heavy (non-hydrogen) atoms. The number of fused-ring (bicyclic) bond motifs is 1. The molecule has 0 radical (unpaired) electrons. The Hall–Kier alpha value is -2.36. The van der Waals surface area contributed by atoms with Gasteiger partial charge in [0, 0.05) is 13.0 Å². The lowest BCUT2D eigenvalue weighted by molar-refractivity contribution is -0.132. The minimum absolute atomic E-state index is 0.0168. The number of carbonyl (C=O) groups excluding carboxylic acids is 1. The zero-order chi connectivity index (χ0) is 14.4. The van der Waals surface area contributed by atoms with E-state index in [-0.39, 0.29) is 11.8 Å². The standard InChI is InChI=1S/C17H17N3O/c1-11-15(12-5-3-2-4-6-12)16(11)17(21)20-8-7-13-14(9-20)19-10-18-13/h2-6,10,16H,7-9H2,1H3,(H,18,19)/t16-/m0/s1. The summed E-state index contributed by atoms with van der Waals surface area (Å²) in [6.07, 6.45) is 2.56. The van der Waals surface area contributed by atoms with E-state index >= 15 is 0 Å². The summed E-state index contributed by atoms with van der Waals surface area (Å²) in [5.41, 5.74) is 5.77. The second-order valence-electron chi connectivity index (χ2n) is 5.73. The molecule has 2 aliphatic rings. The number of hydrogen-bond donors (Lipinski definition) is 1. The molecule has 2 heterocycles. The van der Waals surface area contributed by atoms with Crippen molar-refractivity contribution in [2.75, 3.05) is 6.54 Å². The quantitative estimate of drug-likeness (QED) is 0.917. The molecular formula is C17H17N3O. The van der Waals surface area contributed by atoms with Crippen LogP contribution < -0.4 is 0 Å². The predicted molar refractivity (Wildman–Crippen MR) is 80.2 cm³/mol. The van der Waals surface area contributed by atoms with Gasteiger partial charge in [0.1, 0.15) is 0 Å². The topological polar surface area (TPSA) is 49.0 Å². The first-order chi connectivity index (χ1) is 10.3. The van der Waals surface area contributed by atoms with Crippen molar-refractivity contribution in [2.45, 2.75) is 19.9 Å². The van der Waals surface area contributed by atoms with Gasteiger partial charge in [-0.1, -0.05) is 35.9 Å². The Labute approximate surface area is 123 Å². The van der Waals surface area contributed by atoms with Crippen molar-refractivity contribution < 1.29 is 4.79 Å². The molecule has 1 aromatic heterocycles. The number of aromatic nitrogens is 2. The van der Waals surface area contributed by atoms with Gasteiger partial charge in [0.2, 0.25) is 5.91 Å². The molecule has 4 heteroatoms. The molecule has 0 unspecified atom stereocenters. The van der Waals surface area contributed by atoms with E-state index in [1.807, 2.05) is 23.1 Å². The number of hydrogen-bond acceptors (Lipinski definition) is 2. The van der Waals surface area contributed by atoms with Crippen molar-refractivity contribution in [2.24, 2.45) is 5.92 Å². The minimum Gasteiger partial charge on any atom is -0.347 e. The summed E-state index contributed by atoms with van der Waals surface area (Å²) in [5, 5.41) is 0. The third-order valence-corrected chi connectivity index (χ3v) is 4.48. The van der Waals surface area contributed by atoms with Crippen LogP contribution in [0.15, 0.2) is 42.2 Å². The second-order valence-corrected chi connectivity index (χ2v) is 5.73. The Bertz CT molecular complexity index is 730. The molecule has 1 aliphatic carbocycles. The lowest BCUT2D eigenvalue weighted by Crippen LogP contribution is -2.37. The van der Waals surface area contributed by atoms with Crippen molar-refractivity contribution in [3.63, 3.8) is 0 Å². The average molecular weight is 279 g/mol. The number of amides is 1. The number of nitrogens with one attached hydrogen (secondary N) is 1. The van der Waals surface area contributed by atoms with Crippen LogP contribution in [-0.2, 0) is 17.8 Å². The maximum absolute atomic E-state index is 12.7. The Kier molecular flexibility index (Phi) is 2.70. The number of nitrogens with zero attached hydrogens (tertiary/aromatic N) is 2. The van der Waals surface area contributed by atoms with Crippen molar-refractivity contribution in [3.8, 4) is 0 Å². The first-order valence-electron chi connectivity index (χ1n) is 7.31. The maximum Gasteiger partial charge on any atom is 0.234 e. The fourth-order valence-electron chi connectivity index (χ4n) is 3.23. The zero-order valence-corrected chi connectivity index (χ0v) is 12.0. The van der Waals surface area contributed by atoms with Crippen molar-refractivity contribution in [1.29, 1.82) is 0 Å². The fourth-order valence-corrected chi connectivity index (χ4v) is 3.23. The Morgan fingerprint density at radius 1 is 1.33 bits per heavy atom. The predicted octanol–water partition coefficient (Wildman–Crippen LogP) is 2.40. The fraction of sp³-hybridized carbons (Fsp3) is 0.294. The van der Waals surface area contributed by atoms with E-state index in [0.717, 1.165) is 24.4 Å². The Morgan fingerprint density at radius 3 is 2.95 bits per heavy atom. The van der Waals surface area contributed by atoms with E-state index in [1.165, 1.54) is 16.7 Å². The van der Waals surface area contributed by atoms with Crippen LogP contribution in [0.2, 0.25) is 0 Å². The number of benzene rings is 1. The number of H-pyrrole nitrogens is 1. The minimum atomic E-state index is -0.0168. The van der Waals surface area contributed by atoms with Crippen LogP contribution in [0.25, 0.3) is 5.57 Å². The van der Waals surface area contributed by atoms with Crippen LogP contribution >= 0.6 is 0 Å². The molecule has 1 aromatic carbocycles. The van der Waals surface area contributed by atoms with Crippen LogP contribution in [0.1, 0.15) is 23.9 Å². The monoisotopic (exact) mass is 279 g/mol. The largest absolute Gasteiger partial charge is 0.347 e. The highest BCUT2D eigenvalue weighted by molar-refractivity contribution is 6.05. The van der Waals surface area contributed by atoms with E-state index in [4.69, 9.17) is 0 Å². The number of carbonyl (C=O) groups is 1. The first-order valence-corrected chi connectivity index (χ1v) is 7.31. The molecule has 1 atom stereocenters. The molecular weight excluding hydrogens is 262 g/mol.